The number of nitrogens with zero attached hydrogens (tertiary/aromatic N) is 2. The number of carbonyl (C=O) groups is 1. The third kappa shape index (κ3) is 2.68. The van der Waals surface area contributed by atoms with Crippen LogP contribution in [-0.4, -0.2) is 53.0 Å². The zero-order chi connectivity index (χ0) is 15.0. The van der Waals surface area contributed by atoms with Crippen LogP contribution in [0.5, 0.6) is 0 Å². The number of aliphatic hydroxyl groups excluding tert-OH is 1. The van der Waals surface area contributed by atoms with E-state index >= 15 is 0 Å². The van der Waals surface area contributed by atoms with Crippen molar-refractivity contribution in [3.05, 3.63) is 28.8 Å². The molecule has 0 bridgehead atoms. The molecule has 0 aromatic heterocycles. The van der Waals surface area contributed by atoms with Gasteiger partial charge in [0.15, 0.2) is 0 Å². The van der Waals surface area contributed by atoms with Gasteiger partial charge < -0.3 is 20.0 Å². The maximum atomic E-state index is 11.3. The van der Waals surface area contributed by atoms with Gasteiger partial charge >= 0.3 is 6.09 Å². The molecule has 1 saturated heterocycles. The van der Waals surface area contributed by atoms with Gasteiger partial charge in [0.05, 0.1) is 12.6 Å². The van der Waals surface area contributed by atoms with Gasteiger partial charge in [-0.25, -0.2) is 4.79 Å². The number of halogens is 1. The largest absolute Gasteiger partial charge is 0.465 e. The summed E-state index contributed by atoms with van der Waals surface area (Å²) in [4.78, 5) is 14.9. The number of aryl methyl sites for hydroxylation is 1. The molecular formula is C15H19ClN2O3. The molecule has 2 heterocycles. The number of hydrogen-bond acceptors (Lipinski definition) is 3. The van der Waals surface area contributed by atoms with Crippen LogP contribution in [0.15, 0.2) is 18.2 Å². The minimum Gasteiger partial charge on any atom is -0.465 e. The van der Waals surface area contributed by atoms with Gasteiger partial charge in [-0.05, 0) is 43.0 Å². The summed E-state index contributed by atoms with van der Waals surface area (Å²) in [6.07, 6.45) is 1.77. The lowest BCUT2D eigenvalue weighted by atomic mass is 9.99. The molecule has 0 radical (unpaired) electrons. The van der Waals surface area contributed by atoms with E-state index in [1.807, 2.05) is 18.2 Å². The van der Waals surface area contributed by atoms with E-state index in [1.165, 1.54) is 10.5 Å². The lowest BCUT2D eigenvalue weighted by Crippen LogP contribution is -2.41. The summed E-state index contributed by atoms with van der Waals surface area (Å²) in [7, 11) is 0. The highest BCUT2D eigenvalue weighted by Gasteiger charge is 2.38. The Hall–Kier alpha value is -1.46. The van der Waals surface area contributed by atoms with Gasteiger partial charge in [0.2, 0.25) is 0 Å². The lowest BCUT2D eigenvalue weighted by molar-refractivity contribution is 0.118. The predicted octanol–water partition coefficient (Wildman–Crippen LogP) is 2.21. The molecular weight excluding hydrogens is 292 g/mol. The molecule has 2 aliphatic heterocycles. The van der Waals surface area contributed by atoms with Gasteiger partial charge in [-0.3, -0.25) is 0 Å². The van der Waals surface area contributed by atoms with Crippen molar-refractivity contribution in [1.29, 1.82) is 0 Å². The number of hydrogen-bond donors (Lipinski definition) is 2. The SMILES string of the molecule is O=C(O)N1CC(N2CCCc3cc(Cl)ccc32)CC1CO. The van der Waals surface area contributed by atoms with Gasteiger partial charge in [-0.2, -0.15) is 0 Å². The van der Waals surface area contributed by atoms with Crippen molar-refractivity contribution >= 4 is 23.4 Å². The first-order chi connectivity index (χ1) is 10.1. The van der Waals surface area contributed by atoms with Crippen molar-refractivity contribution in [2.24, 2.45) is 0 Å². The lowest BCUT2D eigenvalue weighted by Gasteiger charge is -2.36. The number of amides is 1. The molecule has 1 aromatic rings. The zero-order valence-electron chi connectivity index (χ0n) is 11.7. The number of aliphatic hydroxyl groups is 1. The molecule has 2 aliphatic rings. The summed E-state index contributed by atoms with van der Waals surface area (Å²) >= 11 is 6.06. The van der Waals surface area contributed by atoms with Crippen LogP contribution in [-0.2, 0) is 6.42 Å². The molecule has 1 aromatic carbocycles. The van der Waals surface area contributed by atoms with Crippen LogP contribution < -0.4 is 4.90 Å². The van der Waals surface area contributed by atoms with Crippen LogP contribution in [0.1, 0.15) is 18.4 Å². The van der Waals surface area contributed by atoms with Crippen LogP contribution in [0, 0.1) is 0 Å². The minimum atomic E-state index is -0.954. The smallest absolute Gasteiger partial charge is 0.407 e. The number of fused-ring (bicyclic) bond motifs is 1. The average Bonchev–Trinajstić information content (AvgIpc) is 2.90. The Morgan fingerprint density at radius 1 is 1.43 bits per heavy atom. The second kappa shape index (κ2) is 5.73. The van der Waals surface area contributed by atoms with E-state index in [0.29, 0.717) is 13.0 Å². The topological polar surface area (TPSA) is 64.0 Å². The Labute approximate surface area is 128 Å². The number of rotatable bonds is 2. The molecule has 2 N–H and O–H groups in total. The fourth-order valence-corrected chi connectivity index (χ4v) is 3.69. The normalized spacial score (nSPS) is 25.0. The number of anilines is 1. The van der Waals surface area contributed by atoms with E-state index in [0.717, 1.165) is 30.1 Å². The summed E-state index contributed by atoms with van der Waals surface area (Å²) in [5.74, 6) is 0. The Morgan fingerprint density at radius 3 is 2.90 bits per heavy atom. The van der Waals surface area contributed by atoms with E-state index in [9.17, 15) is 15.0 Å². The van der Waals surface area contributed by atoms with Gasteiger partial charge in [0.1, 0.15) is 0 Å². The van der Waals surface area contributed by atoms with Crippen LogP contribution in [0.3, 0.4) is 0 Å². The number of likely N-dealkylation sites (tertiary alicyclic amines) is 1. The summed E-state index contributed by atoms with van der Waals surface area (Å²) in [5.41, 5.74) is 2.38. The van der Waals surface area contributed by atoms with Crippen LogP contribution >= 0.6 is 11.6 Å². The van der Waals surface area contributed by atoms with Crippen molar-refractivity contribution in [3.63, 3.8) is 0 Å². The minimum absolute atomic E-state index is 0.121. The number of carboxylic acid groups (broad SMARTS) is 1. The first kappa shape index (κ1) is 14.5. The molecule has 6 heteroatoms. The standard InChI is InChI=1S/C15H19ClN2O3/c16-11-3-4-14-10(6-11)2-1-5-17(14)12-7-13(9-19)18(8-12)15(20)21/h3-4,6,12-13,19H,1-2,5,7-9H2,(H,20,21). The van der Waals surface area contributed by atoms with Gasteiger partial charge in [-0.1, -0.05) is 11.6 Å². The van der Waals surface area contributed by atoms with Gasteiger partial charge in [0.25, 0.3) is 0 Å². The fourth-order valence-electron chi connectivity index (χ4n) is 3.50. The van der Waals surface area contributed by atoms with Crippen molar-refractivity contribution in [2.45, 2.75) is 31.3 Å². The summed E-state index contributed by atoms with van der Waals surface area (Å²) in [6.45, 7) is 1.25. The van der Waals surface area contributed by atoms with Crippen molar-refractivity contribution in [3.8, 4) is 0 Å². The zero-order valence-corrected chi connectivity index (χ0v) is 12.5. The molecule has 0 aliphatic carbocycles. The quantitative estimate of drug-likeness (QED) is 0.879. The Morgan fingerprint density at radius 2 is 2.24 bits per heavy atom. The van der Waals surface area contributed by atoms with E-state index in [1.54, 1.807) is 0 Å². The van der Waals surface area contributed by atoms with E-state index < -0.39 is 6.09 Å². The third-order valence-electron chi connectivity index (χ3n) is 4.49. The number of benzene rings is 1. The molecule has 2 atom stereocenters. The maximum Gasteiger partial charge on any atom is 0.407 e. The highest BCUT2D eigenvalue weighted by Crippen LogP contribution is 2.34. The Kier molecular flexibility index (Phi) is 3.95. The molecule has 0 saturated carbocycles. The van der Waals surface area contributed by atoms with Crippen LogP contribution in [0.25, 0.3) is 0 Å². The first-order valence-electron chi connectivity index (χ1n) is 7.25. The monoisotopic (exact) mass is 310 g/mol. The van der Waals surface area contributed by atoms with Crippen molar-refractivity contribution < 1.29 is 15.0 Å². The second-order valence-corrected chi connectivity index (χ2v) is 6.17. The Balaban J connectivity index is 1.85. The molecule has 3 rings (SSSR count). The summed E-state index contributed by atoms with van der Waals surface area (Å²) < 4.78 is 0. The highest BCUT2D eigenvalue weighted by atomic mass is 35.5. The van der Waals surface area contributed by atoms with Gasteiger partial charge in [-0.15, -0.1) is 0 Å². The van der Waals surface area contributed by atoms with E-state index in [-0.39, 0.29) is 18.7 Å². The van der Waals surface area contributed by atoms with Crippen molar-refractivity contribution in [2.75, 3.05) is 24.6 Å². The van der Waals surface area contributed by atoms with E-state index in [2.05, 4.69) is 4.90 Å². The second-order valence-electron chi connectivity index (χ2n) is 5.73. The van der Waals surface area contributed by atoms with Crippen LogP contribution in [0.2, 0.25) is 5.02 Å². The molecule has 0 spiro atoms. The molecule has 1 amide bonds. The molecule has 5 nitrogen and oxygen atoms in total. The first-order valence-corrected chi connectivity index (χ1v) is 7.63. The van der Waals surface area contributed by atoms with E-state index in [4.69, 9.17) is 11.6 Å². The fraction of sp³-hybridized carbons (Fsp3) is 0.533. The average molecular weight is 311 g/mol. The van der Waals surface area contributed by atoms with Gasteiger partial charge in [0, 0.05) is 29.8 Å². The van der Waals surface area contributed by atoms with Crippen LogP contribution in [0.4, 0.5) is 10.5 Å². The molecule has 2 unspecified atom stereocenters. The summed E-state index contributed by atoms with van der Waals surface area (Å²) in [6, 6.07) is 5.72. The molecule has 1 fully saturated rings. The molecule has 21 heavy (non-hydrogen) atoms. The maximum absolute atomic E-state index is 11.3. The molecule has 114 valence electrons. The Bertz CT molecular complexity index is 552. The summed E-state index contributed by atoms with van der Waals surface area (Å²) in [5, 5.41) is 19.4. The predicted molar refractivity (Wildman–Crippen MR) is 81.1 cm³/mol. The van der Waals surface area contributed by atoms with Crippen molar-refractivity contribution in [1.82, 2.24) is 4.90 Å². The highest BCUT2D eigenvalue weighted by molar-refractivity contribution is 6.30. The third-order valence-corrected chi connectivity index (χ3v) is 4.72.